The molecule has 0 spiro atoms. The highest BCUT2D eigenvalue weighted by atomic mass is 16.5. The van der Waals surface area contributed by atoms with Crippen molar-refractivity contribution in [1.29, 1.82) is 0 Å². The van der Waals surface area contributed by atoms with E-state index in [1.807, 2.05) is 30.0 Å². The number of anilines is 1. The molecule has 1 aromatic heterocycles. The van der Waals surface area contributed by atoms with Crippen molar-refractivity contribution in [2.45, 2.75) is 26.3 Å². The molecule has 1 fully saturated rings. The maximum absolute atomic E-state index is 12.7. The van der Waals surface area contributed by atoms with Gasteiger partial charge in [-0.15, -0.1) is 0 Å². The van der Waals surface area contributed by atoms with E-state index in [2.05, 4.69) is 9.97 Å². The van der Waals surface area contributed by atoms with E-state index in [1.54, 1.807) is 26.2 Å². The van der Waals surface area contributed by atoms with Gasteiger partial charge in [0.2, 0.25) is 11.9 Å². The smallest absolute Gasteiger partial charge is 0.255 e. The minimum atomic E-state index is -0.190. The molecule has 9 nitrogen and oxygen atoms in total. The number of amides is 1. The second-order valence-electron chi connectivity index (χ2n) is 7.49. The molecule has 1 amide bonds. The highest BCUT2D eigenvalue weighted by Gasteiger charge is 2.18. The van der Waals surface area contributed by atoms with Crippen molar-refractivity contribution < 1.29 is 19.0 Å². The standard InChI is InChI=1S/C22H30N4O5/c1-15-17(21(28)24-22(23-15)26-9-11-31-12-10-26)6-8-20(27)25(2)14-16-5-7-18(29-3)19(13-16)30-4/h5,7,13H,6,8-12,14H2,1-4H3,(H,23,24,28). The molecule has 0 atom stereocenters. The molecule has 0 bridgehead atoms. The Balaban J connectivity index is 1.61. The van der Waals surface area contributed by atoms with Gasteiger partial charge in [0.1, 0.15) is 0 Å². The lowest BCUT2D eigenvalue weighted by atomic mass is 10.1. The third kappa shape index (κ3) is 5.55. The number of nitrogens with zero attached hydrogens (tertiary/aromatic N) is 3. The van der Waals surface area contributed by atoms with E-state index >= 15 is 0 Å². The van der Waals surface area contributed by atoms with Crippen molar-refractivity contribution in [3.05, 3.63) is 45.4 Å². The molecule has 2 heterocycles. The number of hydrogen-bond donors (Lipinski definition) is 1. The third-order valence-corrected chi connectivity index (χ3v) is 5.40. The third-order valence-electron chi connectivity index (χ3n) is 5.40. The minimum absolute atomic E-state index is 0.0501. The number of H-pyrrole nitrogens is 1. The predicted octanol–water partition coefficient (Wildman–Crippen LogP) is 1.52. The average Bonchev–Trinajstić information content (AvgIpc) is 2.78. The number of morpholine rings is 1. The van der Waals surface area contributed by atoms with Gasteiger partial charge in [0.25, 0.3) is 5.56 Å². The lowest BCUT2D eigenvalue weighted by Gasteiger charge is -2.27. The molecule has 0 saturated carbocycles. The minimum Gasteiger partial charge on any atom is -0.493 e. The van der Waals surface area contributed by atoms with Crippen LogP contribution in [0.3, 0.4) is 0 Å². The Morgan fingerprint density at radius 1 is 1.23 bits per heavy atom. The lowest BCUT2D eigenvalue weighted by molar-refractivity contribution is -0.130. The van der Waals surface area contributed by atoms with E-state index in [9.17, 15) is 9.59 Å². The zero-order valence-electron chi connectivity index (χ0n) is 18.6. The van der Waals surface area contributed by atoms with Crippen LogP contribution >= 0.6 is 0 Å². The number of hydrogen-bond acceptors (Lipinski definition) is 7. The highest BCUT2D eigenvalue weighted by Crippen LogP contribution is 2.28. The number of carbonyl (C=O) groups is 1. The van der Waals surface area contributed by atoms with E-state index in [-0.39, 0.29) is 17.9 Å². The van der Waals surface area contributed by atoms with Gasteiger partial charge in [-0.1, -0.05) is 6.07 Å². The molecule has 0 aliphatic carbocycles. The van der Waals surface area contributed by atoms with Gasteiger partial charge in [-0.3, -0.25) is 14.6 Å². The van der Waals surface area contributed by atoms with Gasteiger partial charge in [0, 0.05) is 44.4 Å². The van der Waals surface area contributed by atoms with E-state index in [0.717, 1.165) is 5.56 Å². The van der Waals surface area contributed by atoms with Crippen LogP contribution < -0.4 is 19.9 Å². The summed E-state index contributed by atoms with van der Waals surface area (Å²) >= 11 is 0. The molecule has 2 aromatic rings. The van der Waals surface area contributed by atoms with Crippen molar-refractivity contribution in [2.24, 2.45) is 0 Å². The Morgan fingerprint density at radius 3 is 2.58 bits per heavy atom. The summed E-state index contributed by atoms with van der Waals surface area (Å²) in [4.78, 5) is 36.3. The van der Waals surface area contributed by atoms with E-state index in [1.165, 1.54) is 0 Å². The van der Waals surface area contributed by atoms with Gasteiger partial charge in [-0.25, -0.2) is 4.98 Å². The molecule has 1 saturated heterocycles. The van der Waals surface area contributed by atoms with Crippen molar-refractivity contribution >= 4 is 11.9 Å². The monoisotopic (exact) mass is 430 g/mol. The fourth-order valence-corrected chi connectivity index (χ4v) is 3.58. The maximum Gasteiger partial charge on any atom is 0.255 e. The molecule has 168 valence electrons. The summed E-state index contributed by atoms with van der Waals surface area (Å²) in [6, 6.07) is 5.57. The number of carbonyl (C=O) groups excluding carboxylic acids is 1. The van der Waals surface area contributed by atoms with E-state index < -0.39 is 0 Å². The van der Waals surface area contributed by atoms with E-state index in [4.69, 9.17) is 14.2 Å². The summed E-state index contributed by atoms with van der Waals surface area (Å²) in [5, 5.41) is 0. The number of aromatic amines is 1. The van der Waals surface area contributed by atoms with Crippen LogP contribution in [-0.4, -0.2) is 68.3 Å². The summed E-state index contributed by atoms with van der Waals surface area (Å²) in [6.45, 7) is 4.87. The zero-order chi connectivity index (χ0) is 22.4. The normalized spacial score (nSPS) is 13.7. The van der Waals surface area contributed by atoms with Crippen molar-refractivity contribution in [2.75, 3.05) is 52.5 Å². The quantitative estimate of drug-likeness (QED) is 0.678. The SMILES string of the molecule is COc1ccc(CN(C)C(=O)CCc2c(C)nc(N3CCOCC3)[nH]c2=O)cc1OC. The summed E-state index contributed by atoms with van der Waals surface area (Å²) in [6.07, 6.45) is 0.568. The molecule has 31 heavy (non-hydrogen) atoms. The molecule has 0 unspecified atom stereocenters. The molecular weight excluding hydrogens is 400 g/mol. The summed E-state index contributed by atoms with van der Waals surface area (Å²) in [5.41, 5.74) is 1.94. The van der Waals surface area contributed by atoms with Crippen LogP contribution in [0.4, 0.5) is 5.95 Å². The number of benzene rings is 1. The Hall–Kier alpha value is -3.07. The summed E-state index contributed by atoms with van der Waals surface area (Å²) in [5.74, 6) is 1.77. The van der Waals surface area contributed by atoms with Gasteiger partial charge in [0.15, 0.2) is 11.5 Å². The first-order valence-corrected chi connectivity index (χ1v) is 10.3. The first-order valence-electron chi connectivity index (χ1n) is 10.3. The molecule has 9 heteroatoms. The van der Waals surface area contributed by atoms with Gasteiger partial charge in [0.05, 0.1) is 27.4 Å². The van der Waals surface area contributed by atoms with Crippen LogP contribution in [0.15, 0.2) is 23.0 Å². The molecule has 1 N–H and O–H groups in total. The van der Waals surface area contributed by atoms with Crippen LogP contribution in [0.25, 0.3) is 0 Å². The number of nitrogens with one attached hydrogen (secondary N) is 1. The van der Waals surface area contributed by atoms with Crippen LogP contribution in [0.5, 0.6) is 11.5 Å². The van der Waals surface area contributed by atoms with Gasteiger partial charge in [-0.2, -0.15) is 0 Å². The fraction of sp³-hybridized carbons (Fsp3) is 0.500. The van der Waals surface area contributed by atoms with Gasteiger partial charge < -0.3 is 24.0 Å². The summed E-state index contributed by atoms with van der Waals surface area (Å²) < 4.78 is 15.9. The van der Waals surface area contributed by atoms with Crippen LogP contribution in [-0.2, 0) is 22.5 Å². The first-order chi connectivity index (χ1) is 14.9. The number of rotatable bonds is 8. The van der Waals surface area contributed by atoms with Gasteiger partial charge in [-0.05, 0) is 31.0 Å². The lowest BCUT2D eigenvalue weighted by Crippen LogP contribution is -2.38. The largest absolute Gasteiger partial charge is 0.493 e. The maximum atomic E-state index is 12.7. The molecule has 0 radical (unpaired) electrons. The number of ether oxygens (including phenoxy) is 3. The average molecular weight is 431 g/mol. The topological polar surface area (TPSA) is 97.0 Å². The second-order valence-corrected chi connectivity index (χ2v) is 7.49. The Morgan fingerprint density at radius 2 is 1.94 bits per heavy atom. The predicted molar refractivity (Wildman–Crippen MR) is 117 cm³/mol. The molecule has 1 aliphatic rings. The zero-order valence-corrected chi connectivity index (χ0v) is 18.6. The Labute approximate surface area is 181 Å². The fourth-order valence-electron chi connectivity index (χ4n) is 3.58. The van der Waals surface area contributed by atoms with E-state index in [0.29, 0.717) is 68.0 Å². The van der Waals surface area contributed by atoms with Crippen LogP contribution in [0.2, 0.25) is 0 Å². The van der Waals surface area contributed by atoms with Crippen molar-refractivity contribution in [3.63, 3.8) is 0 Å². The van der Waals surface area contributed by atoms with Crippen molar-refractivity contribution in [3.8, 4) is 11.5 Å². The van der Waals surface area contributed by atoms with Gasteiger partial charge >= 0.3 is 0 Å². The molecule has 1 aliphatic heterocycles. The molecule has 3 rings (SSSR count). The Bertz CT molecular complexity index is 969. The number of aryl methyl sites for hydroxylation is 1. The number of methoxy groups -OCH3 is 2. The second kappa shape index (κ2) is 10.3. The van der Waals surface area contributed by atoms with Crippen LogP contribution in [0, 0.1) is 6.92 Å². The van der Waals surface area contributed by atoms with Crippen LogP contribution in [0.1, 0.15) is 23.2 Å². The summed E-state index contributed by atoms with van der Waals surface area (Å²) in [7, 11) is 4.91. The molecule has 1 aromatic carbocycles. The molecular formula is C22H30N4O5. The highest BCUT2D eigenvalue weighted by molar-refractivity contribution is 5.76. The first kappa shape index (κ1) is 22.6. The Kier molecular flexibility index (Phi) is 7.51. The van der Waals surface area contributed by atoms with Crippen molar-refractivity contribution in [1.82, 2.24) is 14.9 Å². The number of aromatic nitrogens is 2.